The summed E-state index contributed by atoms with van der Waals surface area (Å²) in [6, 6.07) is 14.0. The largest absolute Gasteiger partial charge is 0.294 e. The molecule has 2 heteroatoms. The molecule has 0 atom stereocenters. The Morgan fingerprint density at radius 3 is 2.17 bits per heavy atom. The summed E-state index contributed by atoms with van der Waals surface area (Å²) >= 11 is 6.11. The third kappa shape index (κ3) is 2.62. The molecule has 18 heavy (non-hydrogen) atoms. The van der Waals surface area contributed by atoms with Crippen LogP contribution in [0.1, 0.15) is 29.8 Å². The SMILES string of the molecule is CCc1ccc(-c2ccc(C(C)=O)c(Cl)c2)cc1. The van der Waals surface area contributed by atoms with Gasteiger partial charge in [-0.2, -0.15) is 0 Å². The third-order valence-corrected chi connectivity index (χ3v) is 3.36. The van der Waals surface area contributed by atoms with Crippen LogP contribution < -0.4 is 0 Å². The van der Waals surface area contributed by atoms with Crippen molar-refractivity contribution in [2.75, 3.05) is 0 Å². The normalized spacial score (nSPS) is 10.4. The highest BCUT2D eigenvalue weighted by Gasteiger charge is 2.07. The fourth-order valence-electron chi connectivity index (χ4n) is 1.91. The van der Waals surface area contributed by atoms with E-state index in [1.807, 2.05) is 12.1 Å². The summed E-state index contributed by atoms with van der Waals surface area (Å²) in [6.45, 7) is 3.66. The molecule has 0 bridgehead atoms. The number of Topliss-reactive ketones (excluding diaryl/α,β-unsaturated/α-hetero) is 1. The monoisotopic (exact) mass is 258 g/mol. The summed E-state index contributed by atoms with van der Waals surface area (Å²) < 4.78 is 0. The lowest BCUT2D eigenvalue weighted by molar-refractivity contribution is 0.101. The standard InChI is InChI=1S/C16H15ClO/c1-3-12-4-6-13(7-5-12)14-8-9-15(11(2)18)16(17)10-14/h4-10H,3H2,1-2H3. The van der Waals surface area contributed by atoms with Gasteiger partial charge in [-0.05, 0) is 42.2 Å². The quantitative estimate of drug-likeness (QED) is 0.725. The van der Waals surface area contributed by atoms with E-state index in [1.165, 1.54) is 12.5 Å². The molecule has 2 aromatic carbocycles. The van der Waals surface area contributed by atoms with Gasteiger partial charge in [0.25, 0.3) is 0 Å². The Kier molecular flexibility index (Phi) is 3.83. The number of hydrogen-bond acceptors (Lipinski definition) is 1. The minimum atomic E-state index is -0.00659. The third-order valence-electron chi connectivity index (χ3n) is 3.04. The molecule has 2 aromatic rings. The predicted molar refractivity (Wildman–Crippen MR) is 76.3 cm³/mol. The summed E-state index contributed by atoms with van der Waals surface area (Å²) in [5.41, 5.74) is 4.03. The van der Waals surface area contributed by atoms with Crippen LogP contribution in [0.4, 0.5) is 0 Å². The van der Waals surface area contributed by atoms with Crippen LogP contribution in [0.2, 0.25) is 5.02 Å². The highest BCUT2D eigenvalue weighted by Crippen LogP contribution is 2.26. The van der Waals surface area contributed by atoms with Crippen molar-refractivity contribution in [1.29, 1.82) is 0 Å². The predicted octanol–water partition coefficient (Wildman–Crippen LogP) is 4.77. The first kappa shape index (κ1) is 12.8. The number of carbonyl (C=O) groups is 1. The molecule has 0 radical (unpaired) electrons. The van der Waals surface area contributed by atoms with Gasteiger partial charge >= 0.3 is 0 Å². The zero-order valence-corrected chi connectivity index (χ0v) is 11.3. The Bertz CT molecular complexity index is 570. The van der Waals surface area contributed by atoms with E-state index < -0.39 is 0 Å². The van der Waals surface area contributed by atoms with Crippen molar-refractivity contribution in [1.82, 2.24) is 0 Å². The first-order valence-electron chi connectivity index (χ1n) is 6.01. The Morgan fingerprint density at radius 2 is 1.67 bits per heavy atom. The zero-order chi connectivity index (χ0) is 13.1. The van der Waals surface area contributed by atoms with E-state index in [-0.39, 0.29) is 5.78 Å². The van der Waals surface area contributed by atoms with Crippen molar-refractivity contribution in [3.63, 3.8) is 0 Å². The van der Waals surface area contributed by atoms with Gasteiger partial charge in [-0.25, -0.2) is 0 Å². The van der Waals surface area contributed by atoms with E-state index in [0.29, 0.717) is 10.6 Å². The van der Waals surface area contributed by atoms with Crippen molar-refractivity contribution in [2.24, 2.45) is 0 Å². The maximum Gasteiger partial charge on any atom is 0.161 e. The fraction of sp³-hybridized carbons (Fsp3) is 0.188. The summed E-state index contributed by atoms with van der Waals surface area (Å²) in [4.78, 5) is 11.3. The molecule has 0 saturated carbocycles. The smallest absolute Gasteiger partial charge is 0.161 e. The van der Waals surface area contributed by atoms with Gasteiger partial charge in [-0.3, -0.25) is 4.79 Å². The molecule has 0 saturated heterocycles. The molecule has 0 heterocycles. The Labute approximate surface area is 112 Å². The number of hydrogen-bond donors (Lipinski definition) is 0. The van der Waals surface area contributed by atoms with E-state index in [9.17, 15) is 4.79 Å². The number of benzene rings is 2. The highest BCUT2D eigenvalue weighted by molar-refractivity contribution is 6.34. The summed E-state index contributed by atoms with van der Waals surface area (Å²) in [7, 11) is 0. The minimum Gasteiger partial charge on any atom is -0.294 e. The van der Waals surface area contributed by atoms with Crippen molar-refractivity contribution < 1.29 is 4.79 Å². The lowest BCUT2D eigenvalue weighted by Crippen LogP contribution is -1.93. The summed E-state index contributed by atoms with van der Waals surface area (Å²) in [5, 5.41) is 0.513. The second-order valence-corrected chi connectivity index (χ2v) is 4.71. The van der Waals surface area contributed by atoms with Gasteiger partial charge in [0.2, 0.25) is 0 Å². The van der Waals surface area contributed by atoms with Crippen molar-refractivity contribution in [2.45, 2.75) is 20.3 Å². The molecule has 0 aromatic heterocycles. The molecule has 92 valence electrons. The van der Waals surface area contributed by atoms with E-state index in [4.69, 9.17) is 11.6 Å². The molecular weight excluding hydrogens is 244 g/mol. The first-order chi connectivity index (χ1) is 8.61. The highest BCUT2D eigenvalue weighted by atomic mass is 35.5. The maximum atomic E-state index is 11.3. The summed E-state index contributed by atoms with van der Waals surface area (Å²) in [6.07, 6.45) is 1.03. The van der Waals surface area contributed by atoms with Crippen LogP contribution in [0.15, 0.2) is 42.5 Å². The van der Waals surface area contributed by atoms with Gasteiger partial charge < -0.3 is 0 Å². The molecule has 0 unspecified atom stereocenters. The lowest BCUT2D eigenvalue weighted by Gasteiger charge is -2.06. The van der Waals surface area contributed by atoms with Gasteiger partial charge in [0.15, 0.2) is 5.78 Å². The van der Waals surface area contributed by atoms with Gasteiger partial charge in [-0.15, -0.1) is 0 Å². The van der Waals surface area contributed by atoms with Crippen LogP contribution in [0.5, 0.6) is 0 Å². The van der Waals surface area contributed by atoms with E-state index in [1.54, 1.807) is 6.07 Å². The molecule has 0 N–H and O–H groups in total. The first-order valence-corrected chi connectivity index (χ1v) is 6.39. The average Bonchev–Trinajstić information content (AvgIpc) is 2.38. The van der Waals surface area contributed by atoms with Gasteiger partial charge in [0.05, 0.1) is 5.02 Å². The molecule has 0 aliphatic carbocycles. The van der Waals surface area contributed by atoms with Gasteiger partial charge in [-0.1, -0.05) is 48.9 Å². The molecule has 0 spiro atoms. The number of rotatable bonds is 3. The zero-order valence-electron chi connectivity index (χ0n) is 10.5. The second kappa shape index (κ2) is 5.36. The number of carbonyl (C=O) groups excluding carboxylic acids is 1. The maximum absolute atomic E-state index is 11.3. The fourth-order valence-corrected chi connectivity index (χ4v) is 2.23. The van der Waals surface area contributed by atoms with Crippen molar-refractivity contribution in [3.05, 3.63) is 58.6 Å². The van der Waals surface area contributed by atoms with Crippen LogP contribution in [0.25, 0.3) is 11.1 Å². The molecule has 1 nitrogen and oxygen atoms in total. The van der Waals surface area contributed by atoms with Crippen molar-refractivity contribution >= 4 is 17.4 Å². The Morgan fingerprint density at radius 1 is 1.06 bits per heavy atom. The second-order valence-electron chi connectivity index (χ2n) is 4.30. The van der Waals surface area contributed by atoms with E-state index in [0.717, 1.165) is 17.5 Å². The number of ketones is 1. The van der Waals surface area contributed by atoms with Crippen LogP contribution in [-0.4, -0.2) is 5.78 Å². The van der Waals surface area contributed by atoms with Crippen LogP contribution in [-0.2, 0) is 6.42 Å². The number of aryl methyl sites for hydroxylation is 1. The Balaban J connectivity index is 2.39. The molecule has 2 rings (SSSR count). The van der Waals surface area contributed by atoms with Crippen molar-refractivity contribution in [3.8, 4) is 11.1 Å². The van der Waals surface area contributed by atoms with Gasteiger partial charge in [0, 0.05) is 5.56 Å². The molecular formula is C16H15ClO. The lowest BCUT2D eigenvalue weighted by atomic mass is 10.0. The molecule has 0 aliphatic rings. The van der Waals surface area contributed by atoms with Crippen LogP contribution in [0, 0.1) is 0 Å². The molecule has 0 amide bonds. The van der Waals surface area contributed by atoms with E-state index in [2.05, 4.69) is 31.2 Å². The molecule has 0 aliphatic heterocycles. The number of halogens is 1. The van der Waals surface area contributed by atoms with Gasteiger partial charge in [0.1, 0.15) is 0 Å². The van der Waals surface area contributed by atoms with Crippen LogP contribution >= 0.6 is 11.6 Å². The van der Waals surface area contributed by atoms with E-state index >= 15 is 0 Å². The average molecular weight is 259 g/mol. The molecule has 0 fully saturated rings. The summed E-state index contributed by atoms with van der Waals surface area (Å²) in [5.74, 6) is -0.00659. The topological polar surface area (TPSA) is 17.1 Å². The minimum absolute atomic E-state index is 0.00659. The Hall–Kier alpha value is -1.60. The van der Waals surface area contributed by atoms with Crippen LogP contribution in [0.3, 0.4) is 0 Å².